The van der Waals surface area contributed by atoms with E-state index in [1.807, 2.05) is 96.1 Å². The van der Waals surface area contributed by atoms with Crippen molar-refractivity contribution >= 4 is 10.8 Å². The zero-order valence-corrected chi connectivity index (χ0v) is 19.5. The fourth-order valence-corrected chi connectivity index (χ4v) is 2.05. The first kappa shape index (κ1) is 28.4. The molecule has 0 N–H and O–H groups in total. The van der Waals surface area contributed by atoms with Gasteiger partial charge in [0.05, 0.1) is 0 Å². The molecule has 0 atom stereocenters. The van der Waals surface area contributed by atoms with Crippen LogP contribution in [-0.2, 0) is 0 Å². The van der Waals surface area contributed by atoms with E-state index in [1.165, 1.54) is 16.3 Å². The third-order valence-corrected chi connectivity index (χ3v) is 3.27. The Balaban J connectivity index is 0. The second-order valence-electron chi connectivity index (χ2n) is 5.16. The van der Waals surface area contributed by atoms with Crippen molar-refractivity contribution in [2.75, 3.05) is 0 Å². The topological polar surface area (TPSA) is 0 Å². The van der Waals surface area contributed by atoms with Crippen LogP contribution in [0.2, 0.25) is 0 Å². The standard InChI is InChI=1S/C10H8.C7H8.C6H6.3C2H6/c1-2-6-10-8-4-3-7-9(10)5-1;1-7-5-3-2-4-6-7;1-2-4-6-5-3-1;3*1-2/h1-8H;2-6H,1H3;1-6H;3*1-2H3. The Kier molecular flexibility index (Phi) is 22.7. The van der Waals surface area contributed by atoms with Crippen LogP contribution in [0.4, 0.5) is 0 Å². The van der Waals surface area contributed by atoms with Crippen LogP contribution >= 0.6 is 0 Å². The maximum Gasteiger partial charge on any atom is -0.0184 e. The Bertz CT molecular complexity index is 682. The van der Waals surface area contributed by atoms with Gasteiger partial charge in [0, 0.05) is 0 Å². The van der Waals surface area contributed by atoms with E-state index in [0.29, 0.717) is 0 Å². The molecule has 0 bridgehead atoms. The predicted octanol–water partition coefficient (Wildman–Crippen LogP) is 9.60. The number of fused-ring (bicyclic) bond motifs is 1. The first-order valence-corrected chi connectivity index (χ1v) is 10.8. The molecule has 0 nitrogen and oxygen atoms in total. The van der Waals surface area contributed by atoms with Gasteiger partial charge in [-0.05, 0) is 17.7 Å². The Morgan fingerprint density at radius 1 is 0.310 bits per heavy atom. The molecule has 4 rings (SSSR count). The SMILES string of the molecule is CC.CC.CC.Cc1ccccc1.c1ccc2ccccc2c1.c1ccccc1. The fourth-order valence-electron chi connectivity index (χ4n) is 2.05. The number of benzene rings is 4. The average Bonchev–Trinajstić information content (AvgIpc) is 2.85. The minimum absolute atomic E-state index is 1.31. The highest BCUT2D eigenvalue weighted by Crippen LogP contribution is 2.11. The van der Waals surface area contributed by atoms with E-state index < -0.39 is 0 Å². The summed E-state index contributed by atoms with van der Waals surface area (Å²) in [5, 5.41) is 2.62. The van der Waals surface area contributed by atoms with E-state index in [0.717, 1.165) is 0 Å². The Hall–Kier alpha value is -2.86. The Morgan fingerprint density at radius 2 is 0.517 bits per heavy atom. The van der Waals surface area contributed by atoms with Crippen molar-refractivity contribution in [2.24, 2.45) is 0 Å². The quantitative estimate of drug-likeness (QED) is 0.281. The number of hydrogen-bond acceptors (Lipinski definition) is 0. The van der Waals surface area contributed by atoms with Crippen molar-refractivity contribution in [1.29, 1.82) is 0 Å². The van der Waals surface area contributed by atoms with E-state index in [2.05, 4.69) is 67.6 Å². The highest BCUT2D eigenvalue weighted by atomic mass is 13.9. The van der Waals surface area contributed by atoms with Gasteiger partial charge in [-0.1, -0.05) is 162 Å². The molecule has 0 aromatic heterocycles. The van der Waals surface area contributed by atoms with E-state index >= 15 is 0 Å². The zero-order valence-electron chi connectivity index (χ0n) is 19.5. The van der Waals surface area contributed by atoms with Gasteiger partial charge in [0.1, 0.15) is 0 Å². The zero-order chi connectivity index (χ0) is 22.2. The molecule has 0 heterocycles. The van der Waals surface area contributed by atoms with Crippen molar-refractivity contribution in [1.82, 2.24) is 0 Å². The van der Waals surface area contributed by atoms with Crippen LogP contribution in [0.5, 0.6) is 0 Å². The summed E-state index contributed by atoms with van der Waals surface area (Å²) in [6.07, 6.45) is 0. The first-order valence-electron chi connectivity index (χ1n) is 10.8. The fraction of sp³-hybridized carbons (Fsp3) is 0.241. The molecule has 0 saturated carbocycles. The van der Waals surface area contributed by atoms with Crippen LogP contribution in [0.3, 0.4) is 0 Å². The molecule has 0 aliphatic heterocycles. The van der Waals surface area contributed by atoms with Gasteiger partial charge in [-0.25, -0.2) is 0 Å². The summed E-state index contributed by atoms with van der Waals surface area (Å²) < 4.78 is 0. The second kappa shape index (κ2) is 23.2. The molecule has 0 fully saturated rings. The van der Waals surface area contributed by atoms with Crippen LogP contribution in [0, 0.1) is 6.92 Å². The monoisotopic (exact) mass is 388 g/mol. The largest absolute Gasteiger partial charge is 0.0683 e. The van der Waals surface area contributed by atoms with Gasteiger partial charge in [0.25, 0.3) is 0 Å². The van der Waals surface area contributed by atoms with Gasteiger partial charge >= 0.3 is 0 Å². The minimum atomic E-state index is 1.31. The van der Waals surface area contributed by atoms with E-state index in [1.54, 1.807) is 0 Å². The molecule has 0 aliphatic carbocycles. The molecule has 0 radical (unpaired) electrons. The lowest BCUT2D eigenvalue weighted by Crippen LogP contribution is -1.67. The molecule has 0 saturated heterocycles. The summed E-state index contributed by atoms with van der Waals surface area (Å²) in [5.74, 6) is 0. The van der Waals surface area contributed by atoms with Gasteiger partial charge in [-0.2, -0.15) is 0 Å². The third-order valence-electron chi connectivity index (χ3n) is 3.27. The highest BCUT2D eigenvalue weighted by molar-refractivity contribution is 5.81. The van der Waals surface area contributed by atoms with Crippen molar-refractivity contribution in [3.8, 4) is 0 Å². The highest BCUT2D eigenvalue weighted by Gasteiger charge is 1.85. The summed E-state index contributed by atoms with van der Waals surface area (Å²) in [5.41, 5.74) is 1.32. The van der Waals surface area contributed by atoms with Crippen LogP contribution in [-0.4, -0.2) is 0 Å². The average molecular weight is 389 g/mol. The smallest absolute Gasteiger partial charge is 0.0184 e. The van der Waals surface area contributed by atoms with Crippen molar-refractivity contribution in [3.63, 3.8) is 0 Å². The van der Waals surface area contributed by atoms with Gasteiger partial charge in [0.2, 0.25) is 0 Å². The maximum absolute atomic E-state index is 2.12. The molecule has 29 heavy (non-hydrogen) atoms. The number of aryl methyl sites for hydroxylation is 1. The van der Waals surface area contributed by atoms with E-state index in [-0.39, 0.29) is 0 Å². The predicted molar refractivity (Wildman–Crippen MR) is 136 cm³/mol. The lowest BCUT2D eigenvalue weighted by Gasteiger charge is -1.92. The molecule has 4 aromatic rings. The molecule has 156 valence electrons. The van der Waals surface area contributed by atoms with Crippen molar-refractivity contribution < 1.29 is 0 Å². The summed E-state index contributed by atoms with van der Waals surface area (Å²) in [6, 6.07) is 39.0. The molecular weight excluding hydrogens is 348 g/mol. The van der Waals surface area contributed by atoms with E-state index in [9.17, 15) is 0 Å². The van der Waals surface area contributed by atoms with Crippen molar-refractivity contribution in [3.05, 3.63) is 121 Å². The molecule has 0 amide bonds. The van der Waals surface area contributed by atoms with Crippen LogP contribution in [0.25, 0.3) is 10.8 Å². The van der Waals surface area contributed by atoms with Crippen molar-refractivity contribution in [2.45, 2.75) is 48.5 Å². The molecule has 0 heteroatoms. The van der Waals surface area contributed by atoms with E-state index in [4.69, 9.17) is 0 Å². The summed E-state index contributed by atoms with van der Waals surface area (Å²) in [6.45, 7) is 14.1. The lowest BCUT2D eigenvalue weighted by atomic mass is 10.1. The molecular formula is C29H40. The normalized spacial score (nSPS) is 7.83. The molecule has 4 aromatic carbocycles. The maximum atomic E-state index is 2.12. The van der Waals surface area contributed by atoms with Gasteiger partial charge in [0.15, 0.2) is 0 Å². The van der Waals surface area contributed by atoms with Crippen LogP contribution in [0.1, 0.15) is 47.1 Å². The molecule has 0 unspecified atom stereocenters. The Morgan fingerprint density at radius 3 is 0.724 bits per heavy atom. The van der Waals surface area contributed by atoms with Gasteiger partial charge < -0.3 is 0 Å². The number of hydrogen-bond donors (Lipinski definition) is 0. The third kappa shape index (κ3) is 15.9. The summed E-state index contributed by atoms with van der Waals surface area (Å²) in [4.78, 5) is 0. The molecule has 0 spiro atoms. The van der Waals surface area contributed by atoms with Crippen LogP contribution < -0.4 is 0 Å². The van der Waals surface area contributed by atoms with Gasteiger partial charge in [-0.15, -0.1) is 0 Å². The summed E-state index contributed by atoms with van der Waals surface area (Å²) >= 11 is 0. The Labute approximate surface area is 180 Å². The lowest BCUT2D eigenvalue weighted by molar-refractivity contribution is 1.48. The minimum Gasteiger partial charge on any atom is -0.0683 e. The summed E-state index contributed by atoms with van der Waals surface area (Å²) in [7, 11) is 0. The van der Waals surface area contributed by atoms with Gasteiger partial charge in [-0.3, -0.25) is 0 Å². The van der Waals surface area contributed by atoms with Crippen LogP contribution in [0.15, 0.2) is 115 Å². The number of rotatable bonds is 0. The molecule has 0 aliphatic rings. The first-order chi connectivity index (χ1) is 14.4. The second-order valence-corrected chi connectivity index (χ2v) is 5.16.